The van der Waals surface area contributed by atoms with Gasteiger partial charge in [-0.2, -0.15) is 0 Å². The molecule has 0 radical (unpaired) electrons. The van der Waals surface area contributed by atoms with E-state index in [9.17, 15) is 9.59 Å². The molecule has 8 nitrogen and oxygen atoms in total. The van der Waals surface area contributed by atoms with Gasteiger partial charge in [0.05, 0.1) is 5.92 Å². The Hall–Kier alpha value is -3.55. The lowest BCUT2D eigenvalue weighted by Crippen LogP contribution is -2.28. The lowest BCUT2D eigenvalue weighted by atomic mass is 10.1. The van der Waals surface area contributed by atoms with Crippen LogP contribution < -0.4 is 10.2 Å². The molecule has 1 fully saturated rings. The van der Waals surface area contributed by atoms with E-state index in [-0.39, 0.29) is 18.2 Å². The minimum atomic E-state index is -0.429. The fourth-order valence-corrected chi connectivity index (χ4v) is 3.25. The van der Waals surface area contributed by atoms with Gasteiger partial charge in [0.25, 0.3) is 0 Å². The highest BCUT2D eigenvalue weighted by atomic mass is 16.2. The molecule has 28 heavy (non-hydrogen) atoms. The zero-order valence-electron chi connectivity index (χ0n) is 15.7. The van der Waals surface area contributed by atoms with Crippen molar-refractivity contribution in [3.63, 3.8) is 0 Å². The van der Waals surface area contributed by atoms with Crippen molar-refractivity contribution < 1.29 is 9.59 Å². The van der Waals surface area contributed by atoms with Gasteiger partial charge in [-0.15, -0.1) is 0 Å². The van der Waals surface area contributed by atoms with Gasteiger partial charge in [-0.1, -0.05) is 17.7 Å². The van der Waals surface area contributed by atoms with Crippen LogP contribution in [0.1, 0.15) is 17.8 Å². The van der Waals surface area contributed by atoms with E-state index in [4.69, 9.17) is 0 Å². The third-order valence-corrected chi connectivity index (χ3v) is 4.82. The second-order valence-corrected chi connectivity index (χ2v) is 6.84. The van der Waals surface area contributed by atoms with Crippen LogP contribution in [0.2, 0.25) is 0 Å². The first-order valence-corrected chi connectivity index (χ1v) is 9.01. The molecule has 3 aromatic rings. The van der Waals surface area contributed by atoms with E-state index < -0.39 is 5.92 Å². The number of hydrogen-bond acceptors (Lipinski definition) is 5. The molecule has 1 saturated heterocycles. The SMILES string of the molecule is Cc1ccc(N2CC(C(=O)Nc3cc(-n4ccnc4C)ncn3)CC2=O)cc1. The van der Waals surface area contributed by atoms with E-state index in [0.29, 0.717) is 18.2 Å². The fraction of sp³-hybridized carbons (Fsp3) is 0.250. The summed E-state index contributed by atoms with van der Waals surface area (Å²) in [4.78, 5) is 39.2. The molecule has 0 saturated carbocycles. The lowest BCUT2D eigenvalue weighted by Gasteiger charge is -2.17. The van der Waals surface area contributed by atoms with Crippen molar-refractivity contribution in [2.24, 2.45) is 5.92 Å². The quantitative estimate of drug-likeness (QED) is 0.754. The Kier molecular flexibility index (Phi) is 4.60. The predicted molar refractivity (Wildman–Crippen MR) is 104 cm³/mol. The van der Waals surface area contributed by atoms with Crippen molar-refractivity contribution in [2.45, 2.75) is 20.3 Å². The van der Waals surface area contributed by atoms with Crippen molar-refractivity contribution in [3.05, 3.63) is 60.4 Å². The van der Waals surface area contributed by atoms with Crippen LogP contribution >= 0.6 is 0 Å². The number of nitrogens with one attached hydrogen (secondary N) is 1. The summed E-state index contributed by atoms with van der Waals surface area (Å²) in [6, 6.07) is 9.39. The zero-order chi connectivity index (χ0) is 19.7. The zero-order valence-corrected chi connectivity index (χ0v) is 15.7. The van der Waals surface area contributed by atoms with Gasteiger partial charge in [0.15, 0.2) is 0 Å². The van der Waals surface area contributed by atoms with Gasteiger partial charge in [0, 0.05) is 37.1 Å². The summed E-state index contributed by atoms with van der Waals surface area (Å²) in [7, 11) is 0. The first kappa shape index (κ1) is 17.8. The van der Waals surface area contributed by atoms with Gasteiger partial charge in [-0.25, -0.2) is 15.0 Å². The Morgan fingerprint density at radius 2 is 1.93 bits per heavy atom. The van der Waals surface area contributed by atoms with Gasteiger partial charge in [0.2, 0.25) is 11.8 Å². The summed E-state index contributed by atoms with van der Waals surface area (Å²) < 4.78 is 1.80. The molecule has 2 amide bonds. The maximum Gasteiger partial charge on any atom is 0.230 e. The summed E-state index contributed by atoms with van der Waals surface area (Å²) in [5.41, 5.74) is 1.93. The normalized spacial score (nSPS) is 16.4. The van der Waals surface area contributed by atoms with Crippen molar-refractivity contribution in [3.8, 4) is 5.82 Å². The highest BCUT2D eigenvalue weighted by molar-refractivity contribution is 6.03. The molecular weight excluding hydrogens is 356 g/mol. The maximum absolute atomic E-state index is 12.7. The number of aryl methyl sites for hydroxylation is 2. The van der Waals surface area contributed by atoms with E-state index in [1.807, 2.05) is 38.1 Å². The first-order chi connectivity index (χ1) is 13.5. The van der Waals surface area contributed by atoms with Crippen LogP contribution in [0.15, 0.2) is 49.1 Å². The molecule has 1 N–H and O–H groups in total. The van der Waals surface area contributed by atoms with Gasteiger partial charge in [-0.3, -0.25) is 14.2 Å². The molecule has 1 aliphatic rings. The Morgan fingerprint density at radius 1 is 1.14 bits per heavy atom. The molecular formula is C20H20N6O2. The second kappa shape index (κ2) is 7.22. The Bertz CT molecular complexity index is 1030. The number of amides is 2. The number of hydrogen-bond donors (Lipinski definition) is 1. The molecule has 4 rings (SSSR count). The van der Waals surface area contributed by atoms with E-state index in [1.54, 1.807) is 27.9 Å². The summed E-state index contributed by atoms with van der Waals surface area (Å²) in [5.74, 6) is 1.08. The fourth-order valence-electron chi connectivity index (χ4n) is 3.25. The molecule has 1 unspecified atom stereocenters. The molecule has 1 atom stereocenters. The van der Waals surface area contributed by atoms with Crippen molar-refractivity contribution in [1.82, 2.24) is 19.5 Å². The predicted octanol–water partition coefficient (Wildman–Crippen LogP) is 2.27. The number of carbonyl (C=O) groups is 2. The monoisotopic (exact) mass is 376 g/mol. The Balaban J connectivity index is 1.47. The average molecular weight is 376 g/mol. The maximum atomic E-state index is 12.7. The minimum Gasteiger partial charge on any atom is -0.312 e. The van der Waals surface area contributed by atoms with E-state index >= 15 is 0 Å². The third-order valence-electron chi connectivity index (χ3n) is 4.82. The number of nitrogens with zero attached hydrogens (tertiary/aromatic N) is 5. The van der Waals surface area contributed by atoms with Crippen LogP contribution in [0.5, 0.6) is 0 Å². The highest BCUT2D eigenvalue weighted by Crippen LogP contribution is 2.26. The molecule has 1 aromatic carbocycles. The standard InChI is InChI=1S/C20H20N6O2/c1-13-3-5-16(6-4-13)26-11-15(9-19(26)27)20(28)24-17-10-18(23-12-22-17)25-8-7-21-14(25)2/h3-8,10,12,15H,9,11H2,1-2H3,(H,22,23,24,28). The molecule has 1 aliphatic heterocycles. The van der Waals surface area contributed by atoms with Crippen molar-refractivity contribution >= 4 is 23.3 Å². The largest absolute Gasteiger partial charge is 0.312 e. The van der Waals surface area contributed by atoms with E-state index in [1.165, 1.54) is 6.33 Å². The lowest BCUT2D eigenvalue weighted by molar-refractivity contribution is -0.122. The van der Waals surface area contributed by atoms with Crippen LogP contribution in [0, 0.1) is 19.8 Å². The Morgan fingerprint density at radius 3 is 2.64 bits per heavy atom. The highest BCUT2D eigenvalue weighted by Gasteiger charge is 2.35. The van der Waals surface area contributed by atoms with Crippen LogP contribution in [0.4, 0.5) is 11.5 Å². The third kappa shape index (κ3) is 3.48. The van der Waals surface area contributed by atoms with Gasteiger partial charge in [0.1, 0.15) is 23.8 Å². The smallest absolute Gasteiger partial charge is 0.230 e. The second-order valence-electron chi connectivity index (χ2n) is 6.84. The first-order valence-electron chi connectivity index (χ1n) is 9.01. The molecule has 0 spiro atoms. The number of aromatic nitrogens is 4. The number of imidazole rings is 1. The van der Waals surface area contributed by atoms with Crippen LogP contribution in [-0.4, -0.2) is 37.9 Å². The Labute approximate surface area is 162 Å². The van der Waals surface area contributed by atoms with Gasteiger partial charge < -0.3 is 10.2 Å². The van der Waals surface area contributed by atoms with Crippen molar-refractivity contribution in [2.75, 3.05) is 16.8 Å². The van der Waals surface area contributed by atoms with Crippen molar-refractivity contribution in [1.29, 1.82) is 0 Å². The molecule has 0 aliphatic carbocycles. The number of anilines is 2. The summed E-state index contributed by atoms with van der Waals surface area (Å²) in [6.07, 6.45) is 5.04. The van der Waals surface area contributed by atoms with E-state index in [0.717, 1.165) is 17.1 Å². The summed E-state index contributed by atoms with van der Waals surface area (Å²) in [6.45, 7) is 4.21. The molecule has 8 heteroatoms. The number of rotatable bonds is 4. The summed E-state index contributed by atoms with van der Waals surface area (Å²) >= 11 is 0. The van der Waals surface area contributed by atoms with Crippen LogP contribution in [0.3, 0.4) is 0 Å². The molecule has 3 heterocycles. The summed E-state index contributed by atoms with van der Waals surface area (Å²) in [5, 5.41) is 2.80. The average Bonchev–Trinajstić information content (AvgIpc) is 3.28. The van der Waals surface area contributed by atoms with Crippen LogP contribution in [0.25, 0.3) is 5.82 Å². The van der Waals surface area contributed by atoms with Gasteiger partial charge >= 0.3 is 0 Å². The molecule has 2 aromatic heterocycles. The number of carbonyl (C=O) groups excluding carboxylic acids is 2. The molecule has 0 bridgehead atoms. The van der Waals surface area contributed by atoms with Gasteiger partial charge in [-0.05, 0) is 26.0 Å². The number of benzene rings is 1. The minimum absolute atomic E-state index is 0.0542. The van der Waals surface area contributed by atoms with Crippen LogP contribution in [-0.2, 0) is 9.59 Å². The topological polar surface area (TPSA) is 93.0 Å². The van der Waals surface area contributed by atoms with E-state index in [2.05, 4.69) is 20.3 Å². The molecule has 142 valence electrons.